The van der Waals surface area contributed by atoms with Crippen LogP contribution in [0.4, 0.5) is 0 Å². The molecule has 2 unspecified atom stereocenters. The van der Waals surface area contributed by atoms with Crippen molar-refractivity contribution in [2.75, 3.05) is 7.05 Å². The molecule has 0 aromatic rings. The second-order valence-corrected chi connectivity index (χ2v) is 4.24. The van der Waals surface area contributed by atoms with Gasteiger partial charge in [0.15, 0.2) is 0 Å². The normalized spacial score (nSPS) is 46.4. The highest BCUT2D eigenvalue weighted by Gasteiger charge is 2.58. The van der Waals surface area contributed by atoms with Gasteiger partial charge in [-0.25, -0.2) is 0 Å². The SMILES string of the molecule is CN1C(=O)[C@@H]2C3C=CC(C3)[C@@H]2C1=O. The van der Waals surface area contributed by atoms with Crippen LogP contribution in [0, 0.1) is 23.7 Å². The Morgan fingerprint density at radius 3 is 2.08 bits per heavy atom. The summed E-state index contributed by atoms with van der Waals surface area (Å²) in [4.78, 5) is 24.6. The molecule has 3 aliphatic rings. The van der Waals surface area contributed by atoms with E-state index < -0.39 is 0 Å². The van der Waals surface area contributed by atoms with Crippen LogP contribution in [0.3, 0.4) is 0 Å². The number of amides is 2. The van der Waals surface area contributed by atoms with Crippen LogP contribution in [-0.2, 0) is 9.59 Å². The van der Waals surface area contributed by atoms with Crippen molar-refractivity contribution in [3.63, 3.8) is 0 Å². The molecule has 3 rings (SSSR count). The molecule has 1 aliphatic heterocycles. The second kappa shape index (κ2) is 2.03. The molecule has 2 fully saturated rings. The minimum Gasteiger partial charge on any atom is -0.285 e. The van der Waals surface area contributed by atoms with Crippen LogP contribution >= 0.6 is 0 Å². The fourth-order valence-electron chi connectivity index (χ4n) is 3.05. The summed E-state index contributed by atoms with van der Waals surface area (Å²) >= 11 is 0. The highest BCUT2D eigenvalue weighted by atomic mass is 16.2. The summed E-state index contributed by atoms with van der Waals surface area (Å²) in [6.07, 6.45) is 5.23. The fraction of sp³-hybridized carbons (Fsp3) is 0.600. The van der Waals surface area contributed by atoms with Gasteiger partial charge in [-0.2, -0.15) is 0 Å². The lowest BCUT2D eigenvalue weighted by atomic mass is 9.85. The Morgan fingerprint density at radius 2 is 1.62 bits per heavy atom. The van der Waals surface area contributed by atoms with Crippen LogP contribution in [0.2, 0.25) is 0 Å². The van der Waals surface area contributed by atoms with Gasteiger partial charge in [-0.1, -0.05) is 12.2 Å². The summed E-state index contributed by atoms with van der Waals surface area (Å²) in [5.74, 6) is 0.714. The average Bonchev–Trinajstić information content (AvgIpc) is 2.76. The van der Waals surface area contributed by atoms with Crippen molar-refractivity contribution < 1.29 is 9.59 Å². The smallest absolute Gasteiger partial charge is 0.233 e. The highest BCUT2D eigenvalue weighted by molar-refractivity contribution is 6.06. The molecule has 0 spiro atoms. The number of rotatable bonds is 0. The summed E-state index contributed by atoms with van der Waals surface area (Å²) in [5, 5.41) is 0. The molecule has 0 aromatic carbocycles. The number of allylic oxidation sites excluding steroid dienone is 2. The molecule has 1 saturated carbocycles. The van der Waals surface area contributed by atoms with Gasteiger partial charge in [-0.05, 0) is 18.3 Å². The van der Waals surface area contributed by atoms with Crippen molar-refractivity contribution in [2.45, 2.75) is 6.42 Å². The molecule has 1 saturated heterocycles. The predicted molar refractivity (Wildman–Crippen MR) is 45.5 cm³/mol. The quantitative estimate of drug-likeness (QED) is 0.397. The van der Waals surface area contributed by atoms with E-state index in [-0.39, 0.29) is 23.7 Å². The van der Waals surface area contributed by atoms with Gasteiger partial charge >= 0.3 is 0 Å². The van der Waals surface area contributed by atoms with Gasteiger partial charge in [0.1, 0.15) is 0 Å². The Bertz CT molecular complexity index is 304. The topological polar surface area (TPSA) is 37.4 Å². The first-order valence-electron chi connectivity index (χ1n) is 4.70. The van der Waals surface area contributed by atoms with Crippen molar-refractivity contribution in [3.8, 4) is 0 Å². The van der Waals surface area contributed by atoms with Gasteiger partial charge in [0.05, 0.1) is 11.8 Å². The van der Waals surface area contributed by atoms with Crippen LogP contribution in [-0.4, -0.2) is 23.8 Å². The molecule has 13 heavy (non-hydrogen) atoms. The third-order valence-electron chi connectivity index (χ3n) is 3.69. The summed E-state index contributed by atoms with van der Waals surface area (Å²) in [7, 11) is 1.60. The first-order valence-corrected chi connectivity index (χ1v) is 4.70. The first kappa shape index (κ1) is 7.30. The number of carbonyl (C=O) groups excluding carboxylic acids is 2. The summed E-state index contributed by atoms with van der Waals surface area (Å²) < 4.78 is 0. The molecule has 0 radical (unpaired) electrons. The highest BCUT2D eigenvalue weighted by Crippen LogP contribution is 2.52. The maximum atomic E-state index is 11.7. The zero-order valence-electron chi connectivity index (χ0n) is 7.43. The van der Waals surface area contributed by atoms with Crippen LogP contribution in [0.25, 0.3) is 0 Å². The standard InChI is InChI=1S/C10H11NO2/c1-11-9(12)7-5-2-3-6(4-5)8(7)10(11)13/h2-3,5-8H,4H2,1H3/t5?,6?,7-,8+. The summed E-state index contributed by atoms with van der Waals surface area (Å²) in [6, 6.07) is 0. The molecule has 1 heterocycles. The number of hydrogen-bond acceptors (Lipinski definition) is 2. The summed E-state index contributed by atoms with van der Waals surface area (Å²) in [5.41, 5.74) is 0. The van der Waals surface area contributed by atoms with Crippen molar-refractivity contribution in [1.29, 1.82) is 0 Å². The van der Waals surface area contributed by atoms with E-state index in [1.54, 1.807) is 7.05 Å². The predicted octanol–water partition coefficient (Wildman–Crippen LogP) is 0.423. The van der Waals surface area contributed by atoms with Crippen molar-refractivity contribution in [1.82, 2.24) is 4.90 Å². The Labute approximate surface area is 76.4 Å². The number of imide groups is 1. The van der Waals surface area contributed by atoms with Gasteiger partial charge in [-0.15, -0.1) is 0 Å². The van der Waals surface area contributed by atoms with Gasteiger partial charge in [0.25, 0.3) is 0 Å². The molecule has 4 atom stereocenters. The van der Waals surface area contributed by atoms with Crippen LogP contribution in [0.15, 0.2) is 12.2 Å². The van der Waals surface area contributed by atoms with E-state index in [0.717, 1.165) is 6.42 Å². The molecule has 2 aliphatic carbocycles. The van der Waals surface area contributed by atoms with Crippen LogP contribution in [0.1, 0.15) is 6.42 Å². The molecule has 0 N–H and O–H groups in total. The van der Waals surface area contributed by atoms with Crippen molar-refractivity contribution in [3.05, 3.63) is 12.2 Å². The van der Waals surface area contributed by atoms with E-state index in [4.69, 9.17) is 0 Å². The van der Waals surface area contributed by atoms with E-state index in [9.17, 15) is 9.59 Å². The van der Waals surface area contributed by atoms with Gasteiger partial charge in [0.2, 0.25) is 11.8 Å². The Kier molecular flexibility index (Phi) is 1.14. The first-order chi connectivity index (χ1) is 6.20. The third kappa shape index (κ3) is 0.666. The lowest BCUT2D eigenvalue weighted by Crippen LogP contribution is -2.28. The summed E-state index contributed by atoms with van der Waals surface area (Å²) in [6.45, 7) is 0. The number of likely N-dealkylation sites (tertiary alicyclic amines) is 1. The Balaban J connectivity index is 2.08. The van der Waals surface area contributed by atoms with Gasteiger partial charge in [0, 0.05) is 7.05 Å². The fourth-order valence-corrected chi connectivity index (χ4v) is 3.05. The molecule has 3 nitrogen and oxygen atoms in total. The number of nitrogens with zero attached hydrogens (tertiary/aromatic N) is 1. The monoisotopic (exact) mass is 177 g/mol. The number of carbonyl (C=O) groups is 2. The largest absolute Gasteiger partial charge is 0.285 e. The van der Waals surface area contributed by atoms with E-state index >= 15 is 0 Å². The Hall–Kier alpha value is -1.12. The zero-order chi connectivity index (χ0) is 9.16. The lowest BCUT2D eigenvalue weighted by molar-refractivity contribution is -0.138. The zero-order valence-corrected chi connectivity index (χ0v) is 7.43. The maximum Gasteiger partial charge on any atom is 0.233 e. The molecular formula is C10H11NO2. The molecular weight excluding hydrogens is 166 g/mol. The van der Waals surface area contributed by atoms with Crippen LogP contribution in [0.5, 0.6) is 0 Å². The minimum absolute atomic E-state index is 0.0208. The van der Waals surface area contributed by atoms with E-state index in [1.165, 1.54) is 4.90 Å². The van der Waals surface area contributed by atoms with E-state index in [1.807, 2.05) is 0 Å². The third-order valence-corrected chi connectivity index (χ3v) is 3.69. The molecule has 2 bridgehead atoms. The Morgan fingerprint density at radius 1 is 1.15 bits per heavy atom. The molecule has 2 amide bonds. The average molecular weight is 177 g/mol. The van der Waals surface area contributed by atoms with Gasteiger partial charge in [-0.3, -0.25) is 14.5 Å². The lowest BCUT2D eigenvalue weighted by Gasteiger charge is -2.14. The molecule has 0 aromatic heterocycles. The minimum atomic E-state index is -0.0208. The van der Waals surface area contributed by atoms with Crippen molar-refractivity contribution in [2.24, 2.45) is 23.7 Å². The van der Waals surface area contributed by atoms with E-state index in [0.29, 0.717) is 11.8 Å². The van der Waals surface area contributed by atoms with Gasteiger partial charge < -0.3 is 0 Å². The van der Waals surface area contributed by atoms with Crippen molar-refractivity contribution >= 4 is 11.8 Å². The molecule has 68 valence electrons. The second-order valence-electron chi connectivity index (χ2n) is 4.24. The number of fused-ring (bicyclic) bond motifs is 5. The van der Waals surface area contributed by atoms with Crippen LogP contribution < -0.4 is 0 Å². The molecule has 3 heteroatoms. The number of hydrogen-bond donors (Lipinski definition) is 0. The maximum absolute atomic E-state index is 11.7. The van der Waals surface area contributed by atoms with E-state index in [2.05, 4.69) is 12.2 Å².